The lowest BCUT2D eigenvalue weighted by atomic mass is 10.3. The topological polar surface area (TPSA) is 37.4 Å². The second kappa shape index (κ2) is 8.99. The lowest BCUT2D eigenvalue weighted by Crippen LogP contribution is -2.26. The third-order valence-electron chi connectivity index (χ3n) is 2.59. The summed E-state index contributed by atoms with van der Waals surface area (Å²) in [5.41, 5.74) is 0. The van der Waals surface area contributed by atoms with E-state index in [1.807, 2.05) is 0 Å². The van der Waals surface area contributed by atoms with Crippen LogP contribution in [-0.2, 0) is 10.0 Å². The molecule has 1 aromatic rings. The Morgan fingerprint density at radius 2 is 1.90 bits per heavy atom. The number of nitrogens with zero attached hydrogens (tertiary/aromatic N) is 1. The van der Waals surface area contributed by atoms with E-state index in [2.05, 4.69) is 18.5 Å². The summed E-state index contributed by atoms with van der Waals surface area (Å²) in [6, 6.07) is 8.68. The van der Waals surface area contributed by atoms with Crippen LogP contribution in [0.4, 0.5) is 0 Å². The van der Waals surface area contributed by atoms with E-state index in [1.54, 1.807) is 0 Å². The van der Waals surface area contributed by atoms with Crippen molar-refractivity contribution in [1.29, 1.82) is 0 Å². The predicted molar refractivity (Wildman–Crippen MR) is 87.9 cm³/mol. The number of benzene rings is 1. The highest BCUT2D eigenvalue weighted by Crippen LogP contribution is 2.18. The highest BCUT2D eigenvalue weighted by Gasteiger charge is 2.20. The second-order valence-corrected chi connectivity index (χ2v) is 6.89. The van der Waals surface area contributed by atoms with Crippen molar-refractivity contribution in [3.05, 3.63) is 41.9 Å². The summed E-state index contributed by atoms with van der Waals surface area (Å²) in [7, 11) is -3.67. The van der Waals surface area contributed by atoms with Gasteiger partial charge in [0.25, 0.3) is 10.0 Å². The molecular weight excluding hydrogens is 329 g/mol. The van der Waals surface area contributed by atoms with Crippen molar-refractivity contribution in [3.63, 3.8) is 0 Å². The SMILES string of the molecule is C=CCN(C#CCCCCCl)S(=O)(=O)c1ccc(Cl)cc1. The van der Waals surface area contributed by atoms with Gasteiger partial charge in [-0.3, -0.25) is 0 Å². The summed E-state index contributed by atoms with van der Waals surface area (Å²) in [5, 5.41) is 0.483. The van der Waals surface area contributed by atoms with Crippen molar-refractivity contribution in [2.75, 3.05) is 12.4 Å². The quantitative estimate of drug-likeness (QED) is 0.247. The molecule has 0 heterocycles. The first-order valence-electron chi connectivity index (χ1n) is 6.46. The molecule has 114 valence electrons. The molecule has 0 atom stereocenters. The van der Waals surface area contributed by atoms with E-state index in [-0.39, 0.29) is 11.4 Å². The molecule has 1 aromatic carbocycles. The highest BCUT2D eigenvalue weighted by molar-refractivity contribution is 7.89. The van der Waals surface area contributed by atoms with Crippen LogP contribution in [0.15, 0.2) is 41.8 Å². The molecule has 0 N–H and O–H groups in total. The highest BCUT2D eigenvalue weighted by atomic mass is 35.5. The zero-order valence-corrected chi connectivity index (χ0v) is 13.9. The fourth-order valence-electron chi connectivity index (χ4n) is 1.51. The first-order chi connectivity index (χ1) is 10.0. The maximum absolute atomic E-state index is 12.5. The number of alkyl halides is 1. The van der Waals surface area contributed by atoms with Gasteiger partial charge in [-0.05, 0) is 37.1 Å². The smallest absolute Gasteiger partial charge is 0.221 e. The third-order valence-corrected chi connectivity index (χ3v) is 4.79. The second-order valence-electron chi connectivity index (χ2n) is 4.21. The molecule has 0 aliphatic heterocycles. The van der Waals surface area contributed by atoms with Gasteiger partial charge in [-0.15, -0.1) is 18.2 Å². The van der Waals surface area contributed by atoms with Crippen molar-refractivity contribution in [1.82, 2.24) is 4.31 Å². The van der Waals surface area contributed by atoms with Gasteiger partial charge in [0.1, 0.15) is 0 Å². The first kappa shape index (κ1) is 17.9. The summed E-state index contributed by atoms with van der Waals surface area (Å²) in [5.74, 6) is 3.44. The lowest BCUT2D eigenvalue weighted by Gasteiger charge is -2.16. The van der Waals surface area contributed by atoms with Crippen LogP contribution < -0.4 is 0 Å². The summed E-state index contributed by atoms with van der Waals surface area (Å²) < 4.78 is 26.0. The maximum atomic E-state index is 12.5. The Kier molecular flexibility index (Phi) is 7.66. The third kappa shape index (κ3) is 5.62. The number of hydrogen-bond acceptors (Lipinski definition) is 2. The molecular formula is C15H17Cl2NO2S. The standard InChI is InChI=1S/C15H17Cl2NO2S/c1-2-12-18(13-6-4-3-5-11-16)21(19,20)15-9-7-14(17)8-10-15/h2,7-10H,1,3-5,11-12H2. The monoisotopic (exact) mass is 345 g/mol. The van der Waals surface area contributed by atoms with Crippen molar-refractivity contribution in [2.45, 2.75) is 24.2 Å². The van der Waals surface area contributed by atoms with E-state index in [9.17, 15) is 8.42 Å². The average Bonchev–Trinajstić information content (AvgIpc) is 2.46. The maximum Gasteiger partial charge on any atom is 0.271 e. The molecule has 0 aliphatic carbocycles. The number of rotatable bonds is 7. The van der Waals surface area contributed by atoms with Crippen LogP contribution in [0.5, 0.6) is 0 Å². The van der Waals surface area contributed by atoms with E-state index < -0.39 is 10.0 Å². The average molecular weight is 346 g/mol. The van der Waals surface area contributed by atoms with Gasteiger partial charge < -0.3 is 0 Å². The normalized spacial score (nSPS) is 10.6. The molecule has 21 heavy (non-hydrogen) atoms. The van der Waals surface area contributed by atoms with Gasteiger partial charge in [0.2, 0.25) is 0 Å². The van der Waals surface area contributed by atoms with Crippen molar-refractivity contribution >= 4 is 33.2 Å². The Labute approximate surface area is 136 Å². The summed E-state index contributed by atoms with van der Waals surface area (Å²) in [6.45, 7) is 3.70. The van der Waals surface area contributed by atoms with Crippen LogP contribution >= 0.6 is 23.2 Å². The lowest BCUT2D eigenvalue weighted by molar-refractivity contribution is 0.532. The van der Waals surface area contributed by atoms with Gasteiger partial charge in [0, 0.05) is 23.4 Å². The van der Waals surface area contributed by atoms with Gasteiger partial charge in [-0.25, -0.2) is 12.7 Å². The van der Waals surface area contributed by atoms with E-state index in [0.29, 0.717) is 17.3 Å². The zero-order valence-electron chi connectivity index (χ0n) is 11.6. The molecule has 0 saturated carbocycles. The van der Waals surface area contributed by atoms with Crippen LogP contribution in [0.1, 0.15) is 19.3 Å². The summed E-state index contributed by atoms with van der Waals surface area (Å²) >= 11 is 11.4. The summed E-state index contributed by atoms with van der Waals surface area (Å²) in [6.07, 6.45) is 3.82. The molecule has 0 aromatic heterocycles. The van der Waals surface area contributed by atoms with Crippen molar-refractivity contribution in [2.24, 2.45) is 0 Å². The van der Waals surface area contributed by atoms with Crippen LogP contribution in [0.3, 0.4) is 0 Å². The molecule has 0 bridgehead atoms. The fraction of sp³-hybridized carbons (Fsp3) is 0.333. The predicted octanol–water partition coefficient (Wildman–Crippen LogP) is 3.89. The van der Waals surface area contributed by atoms with Gasteiger partial charge in [0.05, 0.1) is 11.4 Å². The Bertz CT molecular complexity index is 615. The molecule has 0 amide bonds. The largest absolute Gasteiger partial charge is 0.271 e. The Balaban J connectivity index is 2.92. The van der Waals surface area contributed by atoms with E-state index in [4.69, 9.17) is 23.2 Å². The fourth-order valence-corrected chi connectivity index (χ4v) is 3.04. The molecule has 0 aliphatic rings. The molecule has 6 heteroatoms. The number of halogens is 2. The van der Waals surface area contributed by atoms with Gasteiger partial charge >= 0.3 is 0 Å². The van der Waals surface area contributed by atoms with Crippen molar-refractivity contribution < 1.29 is 8.42 Å². The molecule has 1 rings (SSSR count). The molecule has 0 unspecified atom stereocenters. The molecule has 3 nitrogen and oxygen atoms in total. The number of sulfonamides is 1. The number of hydrogen-bond donors (Lipinski definition) is 0. The Hall–Kier alpha value is -1.15. The minimum absolute atomic E-state index is 0.132. The zero-order chi connectivity index (χ0) is 15.7. The molecule has 0 radical (unpaired) electrons. The van der Waals surface area contributed by atoms with E-state index in [1.165, 1.54) is 30.3 Å². The van der Waals surface area contributed by atoms with Gasteiger partial charge in [0.15, 0.2) is 0 Å². The Morgan fingerprint density at radius 3 is 2.48 bits per heavy atom. The van der Waals surface area contributed by atoms with Gasteiger partial charge in [-0.1, -0.05) is 23.6 Å². The van der Waals surface area contributed by atoms with E-state index in [0.717, 1.165) is 17.1 Å². The van der Waals surface area contributed by atoms with Crippen LogP contribution in [0, 0.1) is 12.0 Å². The van der Waals surface area contributed by atoms with Crippen LogP contribution in [-0.4, -0.2) is 25.1 Å². The molecule has 0 fully saturated rings. The first-order valence-corrected chi connectivity index (χ1v) is 8.81. The molecule has 0 saturated heterocycles. The minimum atomic E-state index is -3.67. The van der Waals surface area contributed by atoms with Crippen molar-refractivity contribution in [3.8, 4) is 12.0 Å². The number of unbranched alkanes of at least 4 members (excludes halogenated alkanes) is 2. The Morgan fingerprint density at radius 1 is 1.24 bits per heavy atom. The summed E-state index contributed by atoms with van der Waals surface area (Å²) in [4.78, 5) is 0.156. The van der Waals surface area contributed by atoms with Crippen LogP contribution in [0.25, 0.3) is 0 Å². The van der Waals surface area contributed by atoms with Gasteiger partial charge in [-0.2, -0.15) is 0 Å². The minimum Gasteiger partial charge on any atom is -0.221 e. The molecule has 0 spiro atoms. The van der Waals surface area contributed by atoms with Crippen LogP contribution in [0.2, 0.25) is 5.02 Å². The van der Waals surface area contributed by atoms with E-state index >= 15 is 0 Å².